The number of aliphatic hydroxyl groups is 1. The molecule has 6 rings (SSSR count). The first-order chi connectivity index (χ1) is 19.9. The Morgan fingerprint density at radius 2 is 1.95 bits per heavy atom. The van der Waals surface area contributed by atoms with E-state index in [1.807, 2.05) is 6.92 Å². The number of hydrogen-bond donors (Lipinski definition) is 1. The number of rotatable bonds is 8. The number of hydrogen-bond acceptors (Lipinski definition) is 9. The summed E-state index contributed by atoms with van der Waals surface area (Å²) in [6.45, 7) is 10.7. The standard InChI is InChI=1S/C31H37N3O6/c1-7-8-37-28-18(4)30-31(40-15-39-30)26-20(28)11-22-27-25-19(9-16(2)17(3)29(25)38-14-36-6)10-21(33(27)5)23(12-32)34(22)24(26)13-35/h7,9,21-24,27,35H,1,8,10-11,13-15H2,2-6H3/t21-,22?,23-,24-,27+/m0/s1/i35T. The molecule has 4 heterocycles. The third kappa shape index (κ3) is 3.74. The molecule has 1 unspecified atom stereocenters. The van der Waals surface area contributed by atoms with E-state index >= 15 is 0 Å². The lowest BCUT2D eigenvalue weighted by Gasteiger charge is -2.60. The quantitative estimate of drug-likeness (QED) is 0.391. The highest BCUT2D eigenvalue weighted by atomic mass is 16.7. The van der Waals surface area contributed by atoms with Gasteiger partial charge in [0.1, 0.15) is 24.1 Å². The average molecular weight is 550 g/mol. The summed E-state index contributed by atoms with van der Waals surface area (Å²) >= 11 is 0. The van der Waals surface area contributed by atoms with Crippen LogP contribution in [0.2, 0.25) is 0 Å². The van der Waals surface area contributed by atoms with Gasteiger partial charge in [0.2, 0.25) is 8.22 Å². The molecule has 1 saturated heterocycles. The van der Waals surface area contributed by atoms with Crippen LogP contribution in [-0.2, 0) is 17.6 Å². The predicted octanol–water partition coefficient (Wildman–Crippen LogP) is 3.65. The van der Waals surface area contributed by atoms with E-state index in [1.165, 1.54) is 5.56 Å². The molecule has 5 atom stereocenters. The first kappa shape index (κ1) is 25.7. The Morgan fingerprint density at radius 1 is 1.15 bits per heavy atom. The number of aryl methyl sites for hydroxylation is 1. The SMILES string of the molecule is [3H]OC[C@H]1c2c(c(OCC=C)c(C)c3c2OCO3)CC2[C@@H]3c4c(cc(C)c(C)c4OCOC)C[C@@H]([C@H](C#N)N21)N3C. The van der Waals surface area contributed by atoms with E-state index in [1.54, 1.807) is 13.2 Å². The Kier molecular flexibility index (Phi) is 6.59. The van der Waals surface area contributed by atoms with E-state index in [0.717, 1.165) is 44.9 Å². The van der Waals surface area contributed by atoms with Crippen LogP contribution in [-0.4, -0.2) is 75.4 Å². The van der Waals surface area contributed by atoms with Gasteiger partial charge in [-0.05, 0) is 57.4 Å². The molecule has 212 valence electrons. The maximum absolute atomic E-state index is 10.7. The maximum atomic E-state index is 10.7. The van der Waals surface area contributed by atoms with E-state index in [-0.39, 0.29) is 38.3 Å². The molecule has 4 aliphatic rings. The third-order valence-electron chi connectivity index (χ3n) is 9.23. The zero-order valence-electron chi connectivity index (χ0n) is 24.8. The molecule has 0 aliphatic carbocycles. The zero-order chi connectivity index (χ0) is 29.0. The van der Waals surface area contributed by atoms with Gasteiger partial charge in [0.05, 0.1) is 24.8 Å². The number of aliphatic hydroxyl groups excluding tert-OH is 1. The minimum atomic E-state index is -0.440. The lowest BCUT2D eigenvalue weighted by atomic mass is 9.71. The van der Waals surface area contributed by atoms with Gasteiger partial charge in [-0.25, -0.2) is 0 Å². The highest BCUT2D eigenvalue weighted by Crippen LogP contribution is 2.57. The van der Waals surface area contributed by atoms with Crippen molar-refractivity contribution in [3.8, 4) is 29.1 Å². The summed E-state index contributed by atoms with van der Waals surface area (Å²) in [5.41, 5.74) is 7.32. The second-order valence-corrected chi connectivity index (χ2v) is 11.1. The van der Waals surface area contributed by atoms with Gasteiger partial charge in [0.25, 0.3) is 0 Å². The molecule has 0 radical (unpaired) electrons. The van der Waals surface area contributed by atoms with Gasteiger partial charge < -0.3 is 28.8 Å². The molecule has 0 aromatic heterocycles. The number of ether oxygens (including phenoxy) is 5. The number of piperazine rings is 1. The van der Waals surface area contributed by atoms with Crippen molar-refractivity contribution in [3.63, 3.8) is 0 Å². The van der Waals surface area contributed by atoms with Crippen LogP contribution in [0.5, 0.6) is 23.0 Å². The van der Waals surface area contributed by atoms with Gasteiger partial charge in [-0.3, -0.25) is 9.80 Å². The Hall–Kier alpha value is -3.29. The summed E-state index contributed by atoms with van der Waals surface area (Å²) in [7, 11) is 3.74. The molecule has 0 saturated carbocycles. The number of benzene rings is 2. The summed E-state index contributed by atoms with van der Waals surface area (Å²) in [5.74, 6) is 2.88. The van der Waals surface area contributed by atoms with Crippen LogP contribution in [0.4, 0.5) is 0 Å². The summed E-state index contributed by atoms with van der Waals surface area (Å²) in [5, 5.41) is 15.8. The van der Waals surface area contributed by atoms with Crippen molar-refractivity contribution in [3.05, 3.63) is 57.7 Å². The molecule has 0 amide bonds. The van der Waals surface area contributed by atoms with Gasteiger partial charge in [0.15, 0.2) is 18.3 Å². The lowest BCUT2D eigenvalue weighted by Crippen LogP contribution is -2.68. The fourth-order valence-electron chi connectivity index (χ4n) is 7.48. The first-order valence-corrected chi connectivity index (χ1v) is 13.8. The Bertz CT molecular complexity index is 1420. The van der Waals surface area contributed by atoms with Crippen LogP contribution in [0.15, 0.2) is 18.7 Å². The molecule has 1 N–H and O–H groups in total. The third-order valence-corrected chi connectivity index (χ3v) is 9.23. The van der Waals surface area contributed by atoms with Gasteiger partial charge in [-0.15, -0.1) is 0 Å². The highest BCUT2D eigenvalue weighted by Gasteiger charge is 2.56. The summed E-state index contributed by atoms with van der Waals surface area (Å²) < 4.78 is 37.7. The van der Waals surface area contributed by atoms with E-state index < -0.39 is 12.1 Å². The first-order valence-electron chi connectivity index (χ1n) is 14.2. The molecule has 40 heavy (non-hydrogen) atoms. The van der Waals surface area contributed by atoms with E-state index in [9.17, 15) is 5.26 Å². The van der Waals surface area contributed by atoms with E-state index in [4.69, 9.17) is 30.2 Å². The number of nitriles is 1. The fourth-order valence-corrected chi connectivity index (χ4v) is 7.48. The average Bonchev–Trinajstić information content (AvgIpc) is 3.45. The van der Waals surface area contributed by atoms with Crippen LogP contribution in [0.1, 0.15) is 51.0 Å². The number of fused-ring (bicyclic) bond motifs is 9. The zero-order valence-corrected chi connectivity index (χ0v) is 23.8. The number of methoxy groups -OCH3 is 1. The molecule has 0 spiro atoms. The van der Waals surface area contributed by atoms with Crippen molar-refractivity contribution in [1.29, 1.82) is 6.69 Å². The fraction of sp³-hybridized carbons (Fsp3) is 0.516. The molecule has 2 aromatic rings. The van der Waals surface area contributed by atoms with Crippen LogP contribution in [0, 0.1) is 32.1 Å². The van der Waals surface area contributed by atoms with Crippen LogP contribution >= 0.6 is 0 Å². The Morgan fingerprint density at radius 3 is 2.67 bits per heavy atom. The minimum absolute atomic E-state index is 0.0620. The predicted molar refractivity (Wildman–Crippen MR) is 148 cm³/mol. The lowest BCUT2D eigenvalue weighted by molar-refractivity contribution is -0.0831. The monoisotopic (exact) mass is 549 g/mol. The van der Waals surface area contributed by atoms with Crippen molar-refractivity contribution in [1.82, 2.24) is 9.80 Å². The van der Waals surface area contributed by atoms with E-state index in [0.29, 0.717) is 30.9 Å². The van der Waals surface area contributed by atoms with Crippen molar-refractivity contribution in [2.45, 2.75) is 63.8 Å². The molecule has 2 aromatic carbocycles. The number of likely N-dealkylation sites (N-methyl/N-ethyl adjacent to an activating group) is 1. The molecule has 2 bridgehead atoms. The Balaban J connectivity index is 1.60. The summed E-state index contributed by atoms with van der Waals surface area (Å²) in [6.07, 6.45) is 3.03. The number of nitrogens with zero attached hydrogens (tertiary/aromatic N) is 3. The molecular formula is C31H37N3O6. The summed E-state index contributed by atoms with van der Waals surface area (Å²) in [4.78, 5) is 4.61. The van der Waals surface area contributed by atoms with Gasteiger partial charge in [-0.1, -0.05) is 18.7 Å². The van der Waals surface area contributed by atoms with Crippen LogP contribution < -0.4 is 18.9 Å². The minimum Gasteiger partial charge on any atom is -0.489 e. The molecule has 9 nitrogen and oxygen atoms in total. The van der Waals surface area contributed by atoms with Crippen molar-refractivity contribution in [2.75, 3.05) is 41.0 Å². The Labute approximate surface area is 236 Å². The van der Waals surface area contributed by atoms with E-state index in [2.05, 4.69) is 49.4 Å². The second-order valence-electron chi connectivity index (χ2n) is 11.1. The molecule has 4 aliphatic heterocycles. The van der Waals surface area contributed by atoms with Crippen LogP contribution in [0.25, 0.3) is 0 Å². The second kappa shape index (κ2) is 10.3. The summed E-state index contributed by atoms with van der Waals surface area (Å²) in [6, 6.07) is 3.76. The van der Waals surface area contributed by atoms with Gasteiger partial charge >= 0.3 is 0 Å². The van der Waals surface area contributed by atoms with Crippen molar-refractivity contribution in [2.24, 2.45) is 0 Å². The topological polar surface area (TPSA) is 96.7 Å². The molecule has 9 heteroatoms. The van der Waals surface area contributed by atoms with Crippen LogP contribution in [0.3, 0.4) is 0 Å². The van der Waals surface area contributed by atoms with Gasteiger partial charge in [0, 0.05) is 41.4 Å². The molecular weight excluding hydrogens is 510 g/mol. The molecule has 1 fully saturated rings. The maximum Gasteiger partial charge on any atom is 0.231 e. The van der Waals surface area contributed by atoms with Gasteiger partial charge in [-0.2, -0.15) is 5.26 Å². The highest BCUT2D eigenvalue weighted by molar-refractivity contribution is 5.66. The smallest absolute Gasteiger partial charge is 0.231 e. The van der Waals surface area contributed by atoms with Crippen molar-refractivity contribution >= 4 is 0 Å². The van der Waals surface area contributed by atoms with Crippen molar-refractivity contribution < 1.29 is 28.8 Å². The normalized spacial score (nSPS) is 26.7. The largest absolute Gasteiger partial charge is 0.489 e.